The zero-order valence-electron chi connectivity index (χ0n) is 17.0. The van der Waals surface area contributed by atoms with Crippen molar-refractivity contribution in [3.05, 3.63) is 70.8 Å². The average Bonchev–Trinajstić information content (AvgIpc) is 2.73. The summed E-state index contributed by atoms with van der Waals surface area (Å²) in [4.78, 5) is 26.0. The molecule has 0 aromatic heterocycles. The average molecular weight is 455 g/mol. The van der Waals surface area contributed by atoms with Gasteiger partial charge in [0.2, 0.25) is 5.91 Å². The molecule has 32 heavy (non-hydrogen) atoms. The summed E-state index contributed by atoms with van der Waals surface area (Å²) in [6, 6.07) is 7.60. The quantitative estimate of drug-likeness (QED) is 0.656. The molecule has 1 heterocycles. The molecule has 2 aromatic rings. The maximum Gasteiger partial charge on any atom is 0.416 e. The summed E-state index contributed by atoms with van der Waals surface area (Å²) in [5.41, 5.74) is -0.472. The molecule has 0 saturated carbocycles. The van der Waals surface area contributed by atoms with Crippen LogP contribution in [0.25, 0.3) is 0 Å². The molecule has 0 bridgehead atoms. The first-order chi connectivity index (χ1) is 15.1. The summed E-state index contributed by atoms with van der Waals surface area (Å²) in [7, 11) is 0. The number of nitrogens with one attached hydrogen (secondary N) is 2. The van der Waals surface area contributed by atoms with E-state index in [9.17, 15) is 31.5 Å². The number of benzene rings is 2. The number of amides is 2. The number of carbonyl (C=O) groups excluding carboxylic acids is 2. The SMILES string of the molecule is O=C(CNC(=O)c1ccc(F)cc1F)NC1CCN(Cc2cccc(C(F)(F)F)c2)CC1. The second-order valence-corrected chi connectivity index (χ2v) is 7.62. The van der Waals surface area contributed by atoms with Gasteiger partial charge >= 0.3 is 6.18 Å². The van der Waals surface area contributed by atoms with Crippen LogP contribution in [-0.4, -0.2) is 42.4 Å². The van der Waals surface area contributed by atoms with Crippen LogP contribution < -0.4 is 10.6 Å². The fourth-order valence-electron chi connectivity index (χ4n) is 3.55. The maximum atomic E-state index is 13.6. The van der Waals surface area contributed by atoms with Gasteiger partial charge in [-0.1, -0.05) is 18.2 Å². The Morgan fingerprint density at radius 3 is 2.41 bits per heavy atom. The van der Waals surface area contributed by atoms with Gasteiger partial charge in [0.15, 0.2) is 0 Å². The lowest BCUT2D eigenvalue weighted by Crippen LogP contribution is -2.47. The molecular formula is C22H22F5N3O2. The molecule has 0 aliphatic carbocycles. The second-order valence-electron chi connectivity index (χ2n) is 7.62. The summed E-state index contributed by atoms with van der Waals surface area (Å²) in [5.74, 6) is -3.10. The topological polar surface area (TPSA) is 61.4 Å². The zero-order chi connectivity index (χ0) is 23.3. The molecule has 3 rings (SSSR count). The molecule has 0 unspecified atom stereocenters. The highest BCUT2D eigenvalue weighted by Crippen LogP contribution is 2.30. The first-order valence-electron chi connectivity index (χ1n) is 10.0. The molecule has 0 atom stereocenters. The number of rotatable bonds is 6. The smallest absolute Gasteiger partial charge is 0.352 e. The molecule has 172 valence electrons. The third kappa shape index (κ3) is 6.49. The van der Waals surface area contributed by atoms with E-state index in [-0.39, 0.29) is 18.2 Å². The Hall–Kier alpha value is -3.01. The van der Waals surface area contributed by atoms with E-state index in [2.05, 4.69) is 10.6 Å². The van der Waals surface area contributed by atoms with Gasteiger partial charge in [-0.25, -0.2) is 8.78 Å². The lowest BCUT2D eigenvalue weighted by Gasteiger charge is -2.32. The van der Waals surface area contributed by atoms with Crippen LogP contribution in [0.4, 0.5) is 22.0 Å². The Labute approximate surface area is 181 Å². The van der Waals surface area contributed by atoms with E-state index >= 15 is 0 Å². The van der Waals surface area contributed by atoms with Gasteiger partial charge in [0.05, 0.1) is 17.7 Å². The van der Waals surface area contributed by atoms with Gasteiger partial charge < -0.3 is 10.6 Å². The van der Waals surface area contributed by atoms with E-state index in [1.807, 2.05) is 4.90 Å². The van der Waals surface area contributed by atoms with E-state index in [4.69, 9.17) is 0 Å². The number of alkyl halides is 3. The highest BCUT2D eigenvalue weighted by Gasteiger charge is 2.30. The van der Waals surface area contributed by atoms with Crippen LogP contribution in [-0.2, 0) is 17.5 Å². The molecule has 0 radical (unpaired) electrons. The Balaban J connectivity index is 1.42. The predicted octanol–water partition coefficient (Wildman–Crippen LogP) is 3.49. The number of halogens is 5. The Bertz CT molecular complexity index is 972. The van der Waals surface area contributed by atoms with Gasteiger partial charge in [-0.3, -0.25) is 14.5 Å². The molecule has 1 fully saturated rings. The fraction of sp³-hybridized carbons (Fsp3) is 0.364. The molecule has 0 spiro atoms. The minimum absolute atomic E-state index is 0.139. The van der Waals surface area contributed by atoms with E-state index in [1.54, 1.807) is 6.07 Å². The molecule has 2 amide bonds. The standard InChI is InChI=1S/C22H22F5N3O2/c23-16-4-5-18(19(24)11-16)21(32)28-12-20(31)29-17-6-8-30(9-7-17)13-14-2-1-3-15(10-14)22(25,26)27/h1-5,10-11,17H,6-9,12-13H2,(H,28,32)(H,29,31). The largest absolute Gasteiger partial charge is 0.416 e. The van der Waals surface area contributed by atoms with E-state index in [0.717, 1.165) is 24.3 Å². The first-order valence-corrected chi connectivity index (χ1v) is 10.0. The number of likely N-dealkylation sites (tertiary alicyclic amines) is 1. The lowest BCUT2D eigenvalue weighted by molar-refractivity contribution is -0.137. The molecule has 5 nitrogen and oxygen atoms in total. The van der Waals surface area contributed by atoms with Crippen LogP contribution in [0.3, 0.4) is 0 Å². The van der Waals surface area contributed by atoms with Crippen LogP contribution in [0.1, 0.15) is 34.3 Å². The van der Waals surface area contributed by atoms with Crippen molar-refractivity contribution in [3.8, 4) is 0 Å². The maximum absolute atomic E-state index is 13.6. The normalized spacial score (nSPS) is 15.4. The molecule has 2 aromatic carbocycles. The third-order valence-electron chi connectivity index (χ3n) is 5.20. The number of carbonyl (C=O) groups is 2. The van der Waals surface area contributed by atoms with Crippen molar-refractivity contribution < 1.29 is 31.5 Å². The number of hydrogen-bond donors (Lipinski definition) is 2. The molecular weight excluding hydrogens is 433 g/mol. The summed E-state index contributed by atoms with van der Waals surface area (Å²) in [6.45, 7) is 1.20. The van der Waals surface area contributed by atoms with Crippen molar-refractivity contribution in [1.29, 1.82) is 0 Å². The van der Waals surface area contributed by atoms with Gasteiger partial charge in [-0.05, 0) is 36.6 Å². The summed E-state index contributed by atoms with van der Waals surface area (Å²) >= 11 is 0. The molecule has 1 aliphatic rings. The van der Waals surface area contributed by atoms with Crippen LogP contribution in [0, 0.1) is 11.6 Å². The number of nitrogens with zero attached hydrogens (tertiary/aromatic N) is 1. The van der Waals surface area contributed by atoms with Crippen LogP contribution >= 0.6 is 0 Å². The van der Waals surface area contributed by atoms with E-state index in [1.165, 1.54) is 6.07 Å². The van der Waals surface area contributed by atoms with Crippen molar-refractivity contribution in [2.24, 2.45) is 0 Å². The summed E-state index contributed by atoms with van der Waals surface area (Å²) in [6.07, 6.45) is -3.18. The van der Waals surface area contributed by atoms with Crippen LogP contribution in [0.15, 0.2) is 42.5 Å². The van der Waals surface area contributed by atoms with Crippen molar-refractivity contribution in [2.45, 2.75) is 31.6 Å². The van der Waals surface area contributed by atoms with Gasteiger partial charge in [-0.15, -0.1) is 0 Å². The molecule has 10 heteroatoms. The highest BCUT2D eigenvalue weighted by atomic mass is 19.4. The fourth-order valence-corrected chi connectivity index (χ4v) is 3.55. The summed E-state index contributed by atoms with van der Waals surface area (Å²) < 4.78 is 65.1. The van der Waals surface area contributed by atoms with E-state index < -0.39 is 35.2 Å². The molecule has 1 saturated heterocycles. The zero-order valence-corrected chi connectivity index (χ0v) is 17.0. The van der Waals surface area contributed by atoms with Gasteiger partial charge in [-0.2, -0.15) is 13.2 Å². The Morgan fingerprint density at radius 1 is 1.03 bits per heavy atom. The van der Waals surface area contributed by atoms with Gasteiger partial charge in [0.25, 0.3) is 5.91 Å². The number of piperidine rings is 1. The molecule has 2 N–H and O–H groups in total. The van der Waals surface area contributed by atoms with Crippen molar-refractivity contribution in [1.82, 2.24) is 15.5 Å². The number of hydrogen-bond acceptors (Lipinski definition) is 3. The van der Waals surface area contributed by atoms with E-state index in [0.29, 0.717) is 44.1 Å². The van der Waals surface area contributed by atoms with Crippen molar-refractivity contribution in [3.63, 3.8) is 0 Å². The van der Waals surface area contributed by atoms with Crippen molar-refractivity contribution >= 4 is 11.8 Å². The lowest BCUT2D eigenvalue weighted by atomic mass is 10.0. The second kappa shape index (κ2) is 10.1. The molecule has 1 aliphatic heterocycles. The highest BCUT2D eigenvalue weighted by molar-refractivity contribution is 5.96. The third-order valence-corrected chi connectivity index (χ3v) is 5.20. The Kier molecular flexibility index (Phi) is 7.44. The predicted molar refractivity (Wildman–Crippen MR) is 107 cm³/mol. The van der Waals surface area contributed by atoms with Gasteiger partial charge in [0.1, 0.15) is 11.6 Å². The minimum atomic E-state index is -4.38. The Morgan fingerprint density at radius 2 is 1.75 bits per heavy atom. The first kappa shape index (κ1) is 23.6. The van der Waals surface area contributed by atoms with Crippen molar-refractivity contribution in [2.75, 3.05) is 19.6 Å². The van der Waals surface area contributed by atoms with Gasteiger partial charge in [0, 0.05) is 31.7 Å². The summed E-state index contributed by atoms with van der Waals surface area (Å²) in [5, 5.41) is 5.07. The van der Waals surface area contributed by atoms with Crippen LogP contribution in [0.2, 0.25) is 0 Å². The van der Waals surface area contributed by atoms with Crippen LogP contribution in [0.5, 0.6) is 0 Å². The monoisotopic (exact) mass is 455 g/mol. The minimum Gasteiger partial charge on any atom is -0.352 e.